The van der Waals surface area contributed by atoms with Crippen molar-refractivity contribution in [3.63, 3.8) is 0 Å². The molecular formula is C14H12BrN3O4S2. The third kappa shape index (κ3) is 4.78. The zero-order valence-electron chi connectivity index (χ0n) is 12.3. The minimum Gasteiger partial charge on any atom is -0.481 e. The van der Waals surface area contributed by atoms with Crippen LogP contribution in [0.25, 0.3) is 0 Å². The molecule has 2 rings (SSSR count). The van der Waals surface area contributed by atoms with E-state index in [1.54, 1.807) is 30.3 Å². The minimum absolute atomic E-state index is 0.0651. The number of nitriles is 1. The second kappa shape index (κ2) is 7.76. The quantitative estimate of drug-likeness (QED) is 0.683. The molecule has 0 radical (unpaired) electrons. The number of hydrazine groups is 1. The smallest absolute Gasteiger partial charge is 0.275 e. The molecule has 0 spiro atoms. The van der Waals surface area contributed by atoms with Crippen molar-refractivity contribution in [3.8, 4) is 11.8 Å². The Morgan fingerprint density at radius 3 is 2.50 bits per heavy atom. The highest BCUT2D eigenvalue weighted by Crippen LogP contribution is 2.25. The number of nitrogens with one attached hydrogen (secondary N) is 2. The maximum atomic E-state index is 12.0. The van der Waals surface area contributed by atoms with Crippen molar-refractivity contribution in [1.82, 2.24) is 10.3 Å². The molecule has 1 amide bonds. The van der Waals surface area contributed by atoms with E-state index in [0.29, 0.717) is 15.1 Å². The zero-order valence-corrected chi connectivity index (χ0v) is 15.5. The molecule has 0 fully saturated rings. The van der Waals surface area contributed by atoms with Crippen LogP contribution in [0.3, 0.4) is 0 Å². The van der Waals surface area contributed by atoms with Gasteiger partial charge in [-0.1, -0.05) is 0 Å². The maximum Gasteiger partial charge on any atom is 0.275 e. The zero-order chi connectivity index (χ0) is 17.7. The minimum atomic E-state index is -3.83. The molecule has 0 aliphatic heterocycles. The van der Waals surface area contributed by atoms with Crippen molar-refractivity contribution >= 4 is 43.2 Å². The second-order valence-electron chi connectivity index (χ2n) is 4.55. The molecule has 2 aromatic rings. The Morgan fingerprint density at radius 2 is 1.96 bits per heavy atom. The number of ether oxygens (including phenoxy) is 1. The lowest BCUT2D eigenvalue weighted by molar-refractivity contribution is -0.127. The second-order valence-corrected chi connectivity index (χ2v) is 8.92. The third-order valence-corrected chi connectivity index (χ3v) is 6.15. The Labute approximate surface area is 151 Å². The van der Waals surface area contributed by atoms with Crippen molar-refractivity contribution in [2.45, 2.75) is 17.2 Å². The van der Waals surface area contributed by atoms with Gasteiger partial charge in [-0.05, 0) is 59.3 Å². The molecule has 0 aliphatic carbocycles. The molecule has 10 heteroatoms. The predicted octanol–water partition coefficient (Wildman–Crippen LogP) is 2.16. The van der Waals surface area contributed by atoms with Crippen molar-refractivity contribution in [1.29, 1.82) is 5.26 Å². The van der Waals surface area contributed by atoms with Crippen molar-refractivity contribution in [3.05, 3.63) is 45.7 Å². The van der Waals surface area contributed by atoms with Gasteiger partial charge in [0.1, 0.15) is 9.96 Å². The summed E-state index contributed by atoms with van der Waals surface area (Å²) in [4.78, 5) is 13.9. The van der Waals surface area contributed by atoms with Gasteiger partial charge in [0.15, 0.2) is 6.10 Å². The number of sulfonamides is 1. The van der Waals surface area contributed by atoms with Crippen LogP contribution in [-0.4, -0.2) is 20.4 Å². The Morgan fingerprint density at radius 1 is 1.29 bits per heavy atom. The molecule has 0 saturated heterocycles. The molecule has 1 heterocycles. The summed E-state index contributed by atoms with van der Waals surface area (Å²) in [5.41, 5.74) is 2.58. The number of amides is 1. The number of halogens is 1. The summed E-state index contributed by atoms with van der Waals surface area (Å²) in [5, 5.41) is 8.72. The lowest BCUT2D eigenvalue weighted by atomic mass is 10.2. The first-order valence-corrected chi connectivity index (χ1v) is 9.65. The molecule has 1 aromatic heterocycles. The molecule has 0 saturated carbocycles. The topological polar surface area (TPSA) is 108 Å². The summed E-state index contributed by atoms with van der Waals surface area (Å²) in [6.07, 6.45) is -0.935. The van der Waals surface area contributed by atoms with Gasteiger partial charge in [0.2, 0.25) is 0 Å². The highest BCUT2D eigenvalue weighted by atomic mass is 79.9. The van der Waals surface area contributed by atoms with Crippen LogP contribution in [0.5, 0.6) is 5.75 Å². The highest BCUT2D eigenvalue weighted by molar-refractivity contribution is 9.11. The van der Waals surface area contributed by atoms with Crippen LogP contribution in [0, 0.1) is 11.3 Å². The van der Waals surface area contributed by atoms with Gasteiger partial charge < -0.3 is 4.74 Å². The van der Waals surface area contributed by atoms with E-state index in [9.17, 15) is 13.2 Å². The first-order valence-electron chi connectivity index (χ1n) is 6.55. The predicted molar refractivity (Wildman–Crippen MR) is 91.7 cm³/mol. The molecular weight excluding hydrogens is 418 g/mol. The Hall–Kier alpha value is -1.93. The van der Waals surface area contributed by atoms with Crippen LogP contribution in [0.15, 0.2) is 44.4 Å². The van der Waals surface area contributed by atoms with Gasteiger partial charge in [-0.15, -0.1) is 16.2 Å². The molecule has 126 valence electrons. The van der Waals surface area contributed by atoms with Gasteiger partial charge in [-0.3, -0.25) is 10.2 Å². The fourth-order valence-electron chi connectivity index (χ4n) is 1.58. The average Bonchev–Trinajstić information content (AvgIpc) is 3.00. The summed E-state index contributed by atoms with van der Waals surface area (Å²) in [7, 11) is -3.83. The van der Waals surface area contributed by atoms with E-state index in [4.69, 9.17) is 10.00 Å². The van der Waals surface area contributed by atoms with Gasteiger partial charge in [-0.25, -0.2) is 8.42 Å². The van der Waals surface area contributed by atoms with E-state index in [1.165, 1.54) is 13.0 Å². The number of carbonyl (C=O) groups is 1. The first-order chi connectivity index (χ1) is 11.3. The van der Waals surface area contributed by atoms with Gasteiger partial charge in [0.05, 0.1) is 15.4 Å². The van der Waals surface area contributed by atoms with E-state index in [2.05, 4.69) is 21.4 Å². The van der Waals surface area contributed by atoms with E-state index in [-0.39, 0.29) is 4.21 Å². The first kappa shape index (κ1) is 18.4. The van der Waals surface area contributed by atoms with Crippen LogP contribution in [0.1, 0.15) is 12.5 Å². The lowest BCUT2D eigenvalue weighted by Crippen LogP contribution is -2.46. The molecule has 1 aromatic carbocycles. The lowest BCUT2D eigenvalue weighted by Gasteiger charge is -2.15. The molecule has 7 nitrogen and oxygen atoms in total. The number of nitrogens with zero attached hydrogens (tertiary/aromatic N) is 1. The average molecular weight is 430 g/mol. The molecule has 0 unspecified atom stereocenters. The standard InChI is InChI=1S/C14H12BrN3O4S2/c1-9(22-11-4-2-10(8-16)3-5-11)14(19)17-18-24(20,21)13-7-6-12(15)23-13/h2-7,9,18H,1H3,(H,17,19)/t9-/m0/s1. The van der Waals surface area contributed by atoms with E-state index in [0.717, 1.165) is 11.3 Å². The van der Waals surface area contributed by atoms with Gasteiger partial charge in [-0.2, -0.15) is 5.26 Å². The Bertz CT molecular complexity index is 872. The maximum absolute atomic E-state index is 12.0. The Kier molecular flexibility index (Phi) is 5.95. The molecule has 2 N–H and O–H groups in total. The summed E-state index contributed by atoms with van der Waals surface area (Å²) in [6, 6.07) is 11.2. The van der Waals surface area contributed by atoms with Gasteiger partial charge in [0.25, 0.3) is 15.9 Å². The molecule has 1 atom stereocenters. The number of benzene rings is 1. The summed E-state index contributed by atoms with van der Waals surface area (Å²) >= 11 is 4.19. The fourth-order valence-corrected chi connectivity index (χ4v) is 4.43. The fraction of sp³-hybridized carbons (Fsp3) is 0.143. The summed E-state index contributed by atoms with van der Waals surface area (Å²) in [5.74, 6) is -0.264. The SMILES string of the molecule is C[C@H](Oc1ccc(C#N)cc1)C(=O)NNS(=O)(=O)c1ccc(Br)s1. The van der Waals surface area contributed by atoms with Crippen LogP contribution in [0.2, 0.25) is 0 Å². The number of hydrogen-bond donors (Lipinski definition) is 2. The summed E-state index contributed by atoms with van der Waals surface area (Å²) in [6.45, 7) is 1.48. The van der Waals surface area contributed by atoms with E-state index >= 15 is 0 Å². The molecule has 24 heavy (non-hydrogen) atoms. The van der Waals surface area contributed by atoms with Crippen LogP contribution in [0.4, 0.5) is 0 Å². The summed E-state index contributed by atoms with van der Waals surface area (Å²) < 4.78 is 30.1. The Balaban J connectivity index is 1.92. The van der Waals surface area contributed by atoms with Crippen LogP contribution in [-0.2, 0) is 14.8 Å². The van der Waals surface area contributed by atoms with Gasteiger partial charge in [0, 0.05) is 0 Å². The largest absolute Gasteiger partial charge is 0.481 e. The molecule has 0 aliphatic rings. The monoisotopic (exact) mass is 429 g/mol. The van der Waals surface area contributed by atoms with Crippen molar-refractivity contribution < 1.29 is 17.9 Å². The third-order valence-electron chi connectivity index (χ3n) is 2.79. The van der Waals surface area contributed by atoms with Crippen molar-refractivity contribution in [2.75, 3.05) is 0 Å². The number of rotatable bonds is 6. The molecule has 0 bridgehead atoms. The van der Waals surface area contributed by atoms with E-state index < -0.39 is 22.0 Å². The van der Waals surface area contributed by atoms with Crippen LogP contribution < -0.4 is 15.0 Å². The van der Waals surface area contributed by atoms with Crippen LogP contribution >= 0.6 is 27.3 Å². The van der Waals surface area contributed by atoms with Crippen molar-refractivity contribution in [2.24, 2.45) is 0 Å². The normalized spacial score (nSPS) is 12.2. The van der Waals surface area contributed by atoms with E-state index in [1.807, 2.05) is 10.9 Å². The number of hydrogen-bond acceptors (Lipinski definition) is 6. The van der Waals surface area contributed by atoms with Gasteiger partial charge >= 0.3 is 0 Å². The number of thiophene rings is 1. The highest BCUT2D eigenvalue weighted by Gasteiger charge is 2.20. The number of carbonyl (C=O) groups excluding carboxylic acids is 1.